The molecule has 0 aliphatic heterocycles. The second-order valence-corrected chi connectivity index (χ2v) is 4.17. The highest BCUT2D eigenvalue weighted by Crippen LogP contribution is 2.26. The van der Waals surface area contributed by atoms with E-state index in [2.05, 4.69) is 5.43 Å². The van der Waals surface area contributed by atoms with E-state index < -0.39 is 23.5 Å². The molecule has 2 rings (SSSR count). The van der Waals surface area contributed by atoms with Crippen molar-refractivity contribution in [3.8, 4) is 5.75 Å². The minimum atomic E-state index is -0.989. The lowest BCUT2D eigenvalue weighted by Gasteiger charge is -2.17. The number of ether oxygens (including phenoxy) is 1. The lowest BCUT2D eigenvalue weighted by Crippen LogP contribution is -2.29. The molecule has 0 aromatic heterocycles. The molecule has 0 amide bonds. The molecule has 3 N–H and O–H groups in total. The third-order valence-corrected chi connectivity index (χ3v) is 2.95. The summed E-state index contributed by atoms with van der Waals surface area (Å²) >= 11 is 0. The molecule has 0 radical (unpaired) electrons. The molecule has 2 aromatic rings. The molecule has 20 heavy (non-hydrogen) atoms. The molecular weight excluding hydrogens is 269 g/mol. The first-order chi connectivity index (χ1) is 9.56. The van der Waals surface area contributed by atoms with Crippen LogP contribution in [-0.2, 0) is 0 Å². The third-order valence-electron chi connectivity index (χ3n) is 2.95. The Balaban J connectivity index is 2.41. The minimum Gasteiger partial charge on any atom is -0.494 e. The summed E-state index contributed by atoms with van der Waals surface area (Å²) in [7, 11) is 1.35. The highest BCUT2D eigenvalue weighted by molar-refractivity contribution is 5.36. The molecule has 106 valence electrons. The second kappa shape index (κ2) is 5.94. The van der Waals surface area contributed by atoms with Gasteiger partial charge in [0.1, 0.15) is 0 Å². The standard InChI is InChI=1S/C14H13F3N2O/c1-20-13-5-3-9(7-12(13)17)14(19-18)8-2-4-10(15)11(16)6-8/h2-7,14,19H,18H2,1H3. The van der Waals surface area contributed by atoms with Gasteiger partial charge in [0.25, 0.3) is 0 Å². The van der Waals surface area contributed by atoms with E-state index in [1.54, 1.807) is 6.07 Å². The van der Waals surface area contributed by atoms with E-state index in [1.165, 1.54) is 25.3 Å². The van der Waals surface area contributed by atoms with Crippen LogP contribution in [0.2, 0.25) is 0 Å². The van der Waals surface area contributed by atoms with Crippen LogP contribution < -0.4 is 16.0 Å². The normalized spacial score (nSPS) is 12.2. The zero-order chi connectivity index (χ0) is 14.7. The predicted octanol–water partition coefficient (Wildman–Crippen LogP) is 2.67. The van der Waals surface area contributed by atoms with Crippen molar-refractivity contribution >= 4 is 0 Å². The largest absolute Gasteiger partial charge is 0.494 e. The average molecular weight is 282 g/mol. The van der Waals surface area contributed by atoms with Crippen molar-refractivity contribution in [2.45, 2.75) is 6.04 Å². The van der Waals surface area contributed by atoms with Crippen molar-refractivity contribution in [1.29, 1.82) is 0 Å². The number of rotatable bonds is 4. The topological polar surface area (TPSA) is 47.3 Å². The van der Waals surface area contributed by atoms with Crippen LogP contribution >= 0.6 is 0 Å². The lowest BCUT2D eigenvalue weighted by atomic mass is 9.99. The van der Waals surface area contributed by atoms with E-state index in [-0.39, 0.29) is 5.75 Å². The highest BCUT2D eigenvalue weighted by atomic mass is 19.2. The van der Waals surface area contributed by atoms with Gasteiger partial charge in [0.2, 0.25) is 0 Å². The summed E-state index contributed by atoms with van der Waals surface area (Å²) in [5, 5.41) is 0. The van der Waals surface area contributed by atoms with Crippen LogP contribution in [0.3, 0.4) is 0 Å². The van der Waals surface area contributed by atoms with Gasteiger partial charge in [0.15, 0.2) is 23.2 Å². The fraction of sp³-hybridized carbons (Fsp3) is 0.143. The molecule has 0 bridgehead atoms. The molecule has 0 aliphatic rings. The Morgan fingerprint density at radius 1 is 0.950 bits per heavy atom. The maximum Gasteiger partial charge on any atom is 0.165 e. The van der Waals surface area contributed by atoms with Crippen molar-refractivity contribution in [1.82, 2.24) is 5.43 Å². The first-order valence-electron chi connectivity index (χ1n) is 5.81. The first-order valence-corrected chi connectivity index (χ1v) is 5.81. The summed E-state index contributed by atoms with van der Waals surface area (Å²) in [5.74, 6) is 3.01. The first kappa shape index (κ1) is 14.4. The van der Waals surface area contributed by atoms with Crippen molar-refractivity contribution < 1.29 is 17.9 Å². The van der Waals surface area contributed by atoms with Crippen molar-refractivity contribution in [2.24, 2.45) is 5.84 Å². The summed E-state index contributed by atoms with van der Waals surface area (Å²) in [6.07, 6.45) is 0. The summed E-state index contributed by atoms with van der Waals surface area (Å²) in [6.45, 7) is 0. The molecular formula is C14H13F3N2O. The molecule has 0 saturated carbocycles. The molecule has 1 atom stereocenters. The molecule has 1 unspecified atom stereocenters. The number of nitrogens with two attached hydrogens (primary N) is 1. The minimum absolute atomic E-state index is 0.0924. The summed E-state index contributed by atoms with van der Waals surface area (Å²) < 4.78 is 44.7. The third kappa shape index (κ3) is 2.76. The Bertz CT molecular complexity index is 619. The second-order valence-electron chi connectivity index (χ2n) is 4.17. The van der Waals surface area contributed by atoms with E-state index >= 15 is 0 Å². The molecule has 6 heteroatoms. The van der Waals surface area contributed by atoms with Crippen LogP contribution in [0.25, 0.3) is 0 Å². The van der Waals surface area contributed by atoms with Crippen LogP contribution in [0, 0.1) is 17.5 Å². The van der Waals surface area contributed by atoms with E-state index in [9.17, 15) is 13.2 Å². The Morgan fingerprint density at radius 3 is 2.05 bits per heavy atom. The predicted molar refractivity (Wildman–Crippen MR) is 68.5 cm³/mol. The molecule has 3 nitrogen and oxygen atoms in total. The van der Waals surface area contributed by atoms with Gasteiger partial charge in [0.05, 0.1) is 13.2 Å². The van der Waals surface area contributed by atoms with Crippen molar-refractivity contribution in [3.05, 3.63) is 65.0 Å². The van der Waals surface area contributed by atoms with Crippen molar-refractivity contribution in [2.75, 3.05) is 7.11 Å². The van der Waals surface area contributed by atoms with E-state index in [4.69, 9.17) is 10.6 Å². The van der Waals surface area contributed by atoms with Crippen molar-refractivity contribution in [3.63, 3.8) is 0 Å². The van der Waals surface area contributed by atoms with Crippen LogP contribution in [-0.4, -0.2) is 7.11 Å². The summed E-state index contributed by atoms with van der Waals surface area (Å²) in [4.78, 5) is 0. The molecule has 0 spiro atoms. The quantitative estimate of drug-likeness (QED) is 0.669. The van der Waals surface area contributed by atoms with E-state index in [0.29, 0.717) is 11.1 Å². The summed E-state index contributed by atoms with van der Waals surface area (Å²) in [6, 6.07) is 6.99. The van der Waals surface area contributed by atoms with Gasteiger partial charge in [-0.2, -0.15) is 0 Å². The molecule has 2 aromatic carbocycles. The molecule has 0 saturated heterocycles. The fourth-order valence-electron chi connectivity index (χ4n) is 1.94. The monoisotopic (exact) mass is 282 g/mol. The molecule has 0 heterocycles. The zero-order valence-corrected chi connectivity index (χ0v) is 10.7. The summed E-state index contributed by atoms with van der Waals surface area (Å²) in [5.41, 5.74) is 3.30. The fourth-order valence-corrected chi connectivity index (χ4v) is 1.94. The number of halogens is 3. The zero-order valence-electron chi connectivity index (χ0n) is 10.7. The van der Waals surface area contributed by atoms with E-state index in [1.807, 2.05) is 0 Å². The number of hydrogen-bond donors (Lipinski definition) is 2. The van der Waals surface area contributed by atoms with Gasteiger partial charge >= 0.3 is 0 Å². The van der Waals surface area contributed by atoms with Crippen LogP contribution in [0.5, 0.6) is 5.75 Å². The van der Waals surface area contributed by atoms with E-state index in [0.717, 1.165) is 12.1 Å². The van der Waals surface area contributed by atoms with Crippen LogP contribution in [0.4, 0.5) is 13.2 Å². The highest BCUT2D eigenvalue weighted by Gasteiger charge is 2.16. The van der Waals surface area contributed by atoms with Crippen LogP contribution in [0.1, 0.15) is 17.2 Å². The lowest BCUT2D eigenvalue weighted by molar-refractivity contribution is 0.385. The van der Waals surface area contributed by atoms with Gasteiger partial charge < -0.3 is 4.74 Å². The Morgan fingerprint density at radius 2 is 1.55 bits per heavy atom. The number of benzene rings is 2. The number of hydrogen-bond acceptors (Lipinski definition) is 3. The molecule has 0 aliphatic carbocycles. The SMILES string of the molecule is COc1ccc(C(NN)c2ccc(F)c(F)c2)cc1F. The van der Waals surface area contributed by atoms with Gasteiger partial charge in [-0.15, -0.1) is 0 Å². The molecule has 0 fully saturated rings. The van der Waals surface area contributed by atoms with Gasteiger partial charge in [-0.1, -0.05) is 12.1 Å². The average Bonchev–Trinajstić information content (AvgIpc) is 2.44. The number of methoxy groups -OCH3 is 1. The number of hydrazine groups is 1. The Kier molecular flexibility index (Phi) is 4.26. The van der Waals surface area contributed by atoms with Gasteiger partial charge in [-0.3, -0.25) is 5.84 Å². The van der Waals surface area contributed by atoms with Crippen LogP contribution in [0.15, 0.2) is 36.4 Å². The Hall–Kier alpha value is -2.05. The Labute approximate surface area is 114 Å². The van der Waals surface area contributed by atoms with Gasteiger partial charge in [-0.05, 0) is 35.4 Å². The number of nitrogens with one attached hydrogen (secondary N) is 1. The maximum absolute atomic E-state index is 13.7. The smallest absolute Gasteiger partial charge is 0.165 e. The maximum atomic E-state index is 13.7. The van der Waals surface area contributed by atoms with Gasteiger partial charge in [0, 0.05) is 0 Å². The van der Waals surface area contributed by atoms with Gasteiger partial charge in [-0.25, -0.2) is 18.6 Å².